The third-order valence-electron chi connectivity index (χ3n) is 2.21. The molecular formula is C11H14FN3O2. The Hall–Kier alpha value is -2.11. The number of carbonyl (C=O) groups is 2. The molecule has 0 aliphatic rings. The molecule has 6 heteroatoms. The molecule has 0 heterocycles. The van der Waals surface area contributed by atoms with Gasteiger partial charge in [0.1, 0.15) is 5.82 Å². The molecule has 0 saturated carbocycles. The standard InChI is InChI=1S/C11H14FN3O2/c1-11(2,15-10(17)14-9(13)16)7-5-3-4-6-8(7)12/h3-6H,1-2H3,(H4,13,14,15,16,17). The van der Waals surface area contributed by atoms with E-state index in [-0.39, 0.29) is 0 Å². The minimum absolute atomic E-state index is 0.319. The van der Waals surface area contributed by atoms with Crippen LogP contribution in [0.2, 0.25) is 0 Å². The van der Waals surface area contributed by atoms with Gasteiger partial charge in [-0.25, -0.2) is 14.0 Å². The highest BCUT2D eigenvalue weighted by Crippen LogP contribution is 2.22. The minimum atomic E-state index is -0.966. The lowest BCUT2D eigenvalue weighted by Gasteiger charge is -2.26. The molecule has 5 nitrogen and oxygen atoms in total. The largest absolute Gasteiger partial charge is 0.351 e. The average Bonchev–Trinajstić information content (AvgIpc) is 2.15. The van der Waals surface area contributed by atoms with Crippen molar-refractivity contribution in [1.82, 2.24) is 10.6 Å². The normalized spacial score (nSPS) is 10.8. The minimum Gasteiger partial charge on any atom is -0.351 e. The van der Waals surface area contributed by atoms with Gasteiger partial charge in [-0.3, -0.25) is 5.32 Å². The zero-order valence-electron chi connectivity index (χ0n) is 9.58. The van der Waals surface area contributed by atoms with Crippen LogP contribution in [0.5, 0.6) is 0 Å². The number of imide groups is 1. The van der Waals surface area contributed by atoms with Gasteiger partial charge in [-0.2, -0.15) is 0 Å². The lowest BCUT2D eigenvalue weighted by molar-refractivity contribution is 0.223. The Morgan fingerprint density at radius 2 is 1.88 bits per heavy atom. The summed E-state index contributed by atoms with van der Waals surface area (Å²) in [5.41, 5.74) is 4.16. The zero-order valence-corrected chi connectivity index (χ0v) is 9.58. The molecule has 92 valence electrons. The predicted octanol–water partition coefficient (Wildman–Crippen LogP) is 1.44. The third-order valence-corrected chi connectivity index (χ3v) is 2.21. The lowest BCUT2D eigenvalue weighted by Crippen LogP contribution is -2.49. The van der Waals surface area contributed by atoms with Crippen LogP contribution < -0.4 is 16.4 Å². The Labute approximate surface area is 98.2 Å². The first-order chi connectivity index (χ1) is 7.83. The quantitative estimate of drug-likeness (QED) is 0.729. The SMILES string of the molecule is CC(C)(NC(=O)NC(N)=O)c1ccccc1F. The molecule has 0 bridgehead atoms. The summed E-state index contributed by atoms with van der Waals surface area (Å²) in [5, 5.41) is 4.31. The van der Waals surface area contributed by atoms with Crippen molar-refractivity contribution in [3.63, 3.8) is 0 Å². The second-order valence-corrected chi connectivity index (χ2v) is 4.05. The van der Waals surface area contributed by atoms with Gasteiger partial charge in [0, 0.05) is 5.56 Å². The Morgan fingerprint density at radius 1 is 1.29 bits per heavy atom. The topological polar surface area (TPSA) is 84.2 Å². The van der Waals surface area contributed by atoms with Crippen molar-refractivity contribution in [3.05, 3.63) is 35.6 Å². The lowest BCUT2D eigenvalue weighted by atomic mass is 9.94. The molecule has 0 saturated heterocycles. The molecule has 0 aliphatic heterocycles. The number of primary amides is 1. The van der Waals surface area contributed by atoms with E-state index in [0.29, 0.717) is 5.56 Å². The van der Waals surface area contributed by atoms with Crippen molar-refractivity contribution in [2.24, 2.45) is 5.73 Å². The van der Waals surface area contributed by atoms with E-state index < -0.39 is 23.4 Å². The zero-order chi connectivity index (χ0) is 13.1. The second-order valence-electron chi connectivity index (χ2n) is 4.05. The summed E-state index contributed by atoms with van der Waals surface area (Å²) in [6.45, 7) is 3.23. The van der Waals surface area contributed by atoms with E-state index in [9.17, 15) is 14.0 Å². The Balaban J connectivity index is 2.85. The van der Waals surface area contributed by atoms with Gasteiger partial charge in [0.05, 0.1) is 5.54 Å². The number of carbonyl (C=O) groups excluding carboxylic acids is 2. The van der Waals surface area contributed by atoms with Gasteiger partial charge in [0.25, 0.3) is 0 Å². The molecule has 1 rings (SSSR count). The maximum Gasteiger partial charge on any atom is 0.323 e. The maximum absolute atomic E-state index is 13.5. The summed E-state index contributed by atoms with van der Waals surface area (Å²) in [6, 6.07) is 4.33. The van der Waals surface area contributed by atoms with Crippen LogP contribution in [0, 0.1) is 5.82 Å². The number of nitrogens with two attached hydrogens (primary N) is 1. The molecule has 4 amide bonds. The molecular weight excluding hydrogens is 225 g/mol. The molecule has 0 aromatic heterocycles. The smallest absolute Gasteiger partial charge is 0.323 e. The number of hydrogen-bond acceptors (Lipinski definition) is 2. The van der Waals surface area contributed by atoms with E-state index in [1.165, 1.54) is 6.07 Å². The van der Waals surface area contributed by atoms with Crippen molar-refractivity contribution >= 4 is 12.1 Å². The molecule has 4 N–H and O–H groups in total. The predicted molar refractivity (Wildman–Crippen MR) is 60.7 cm³/mol. The second kappa shape index (κ2) is 4.82. The summed E-state index contributed by atoms with van der Waals surface area (Å²) in [7, 11) is 0. The highest BCUT2D eigenvalue weighted by molar-refractivity contribution is 5.92. The van der Waals surface area contributed by atoms with Crippen molar-refractivity contribution in [2.75, 3.05) is 0 Å². The summed E-state index contributed by atoms with van der Waals surface area (Å²) >= 11 is 0. The van der Waals surface area contributed by atoms with Gasteiger partial charge >= 0.3 is 12.1 Å². The Morgan fingerprint density at radius 3 is 2.41 bits per heavy atom. The van der Waals surface area contributed by atoms with E-state index in [4.69, 9.17) is 5.73 Å². The van der Waals surface area contributed by atoms with Gasteiger partial charge in [0.15, 0.2) is 0 Å². The molecule has 1 aromatic rings. The maximum atomic E-state index is 13.5. The van der Waals surface area contributed by atoms with Crippen LogP contribution in [-0.4, -0.2) is 12.1 Å². The number of urea groups is 2. The highest BCUT2D eigenvalue weighted by atomic mass is 19.1. The Bertz CT molecular complexity index is 446. The van der Waals surface area contributed by atoms with Gasteiger partial charge < -0.3 is 11.1 Å². The molecule has 17 heavy (non-hydrogen) atoms. The third kappa shape index (κ3) is 3.44. The molecule has 0 radical (unpaired) electrons. The van der Waals surface area contributed by atoms with Crippen LogP contribution in [0.25, 0.3) is 0 Å². The number of hydrogen-bond donors (Lipinski definition) is 3. The first kappa shape index (κ1) is 13.0. The van der Waals surface area contributed by atoms with Crippen molar-refractivity contribution in [3.8, 4) is 0 Å². The van der Waals surface area contributed by atoms with E-state index in [1.54, 1.807) is 32.0 Å². The molecule has 0 spiro atoms. The van der Waals surface area contributed by atoms with E-state index in [2.05, 4.69) is 5.32 Å². The number of amides is 4. The summed E-state index contributed by atoms with van der Waals surface area (Å²) in [4.78, 5) is 21.8. The van der Waals surface area contributed by atoms with Crippen molar-refractivity contribution in [1.29, 1.82) is 0 Å². The highest BCUT2D eigenvalue weighted by Gasteiger charge is 2.26. The van der Waals surface area contributed by atoms with Crippen LogP contribution >= 0.6 is 0 Å². The van der Waals surface area contributed by atoms with E-state index in [0.717, 1.165) is 0 Å². The fraction of sp³-hybridized carbons (Fsp3) is 0.273. The number of rotatable bonds is 2. The first-order valence-corrected chi connectivity index (χ1v) is 4.96. The average molecular weight is 239 g/mol. The molecule has 0 atom stereocenters. The Kier molecular flexibility index (Phi) is 3.67. The molecule has 0 unspecified atom stereocenters. The monoisotopic (exact) mass is 239 g/mol. The van der Waals surface area contributed by atoms with Crippen LogP contribution in [0.1, 0.15) is 19.4 Å². The van der Waals surface area contributed by atoms with E-state index >= 15 is 0 Å². The number of benzene rings is 1. The van der Waals surface area contributed by atoms with Gasteiger partial charge in [-0.1, -0.05) is 18.2 Å². The summed E-state index contributed by atoms with van der Waals surface area (Å²) in [5.74, 6) is -0.433. The summed E-state index contributed by atoms with van der Waals surface area (Å²) in [6.07, 6.45) is 0. The van der Waals surface area contributed by atoms with Crippen LogP contribution in [0.3, 0.4) is 0 Å². The fourth-order valence-corrected chi connectivity index (χ4v) is 1.46. The van der Waals surface area contributed by atoms with Crippen LogP contribution in [-0.2, 0) is 5.54 Å². The van der Waals surface area contributed by atoms with Crippen LogP contribution in [0.15, 0.2) is 24.3 Å². The molecule has 0 fully saturated rings. The number of nitrogens with one attached hydrogen (secondary N) is 2. The summed E-state index contributed by atoms with van der Waals surface area (Å²) < 4.78 is 13.5. The molecule has 0 aliphatic carbocycles. The first-order valence-electron chi connectivity index (χ1n) is 4.96. The van der Waals surface area contributed by atoms with E-state index in [1.807, 2.05) is 5.32 Å². The fourth-order valence-electron chi connectivity index (χ4n) is 1.46. The molecule has 1 aromatic carbocycles. The van der Waals surface area contributed by atoms with Gasteiger partial charge in [-0.15, -0.1) is 0 Å². The number of halogens is 1. The van der Waals surface area contributed by atoms with Gasteiger partial charge in [-0.05, 0) is 19.9 Å². The van der Waals surface area contributed by atoms with Crippen LogP contribution in [0.4, 0.5) is 14.0 Å². The van der Waals surface area contributed by atoms with Gasteiger partial charge in [0.2, 0.25) is 0 Å². The van der Waals surface area contributed by atoms with Crippen molar-refractivity contribution < 1.29 is 14.0 Å². The van der Waals surface area contributed by atoms with Crippen molar-refractivity contribution in [2.45, 2.75) is 19.4 Å².